The highest BCUT2D eigenvalue weighted by Gasteiger charge is 2.55. The van der Waals surface area contributed by atoms with E-state index in [1.807, 2.05) is 16.4 Å². The van der Waals surface area contributed by atoms with Crippen LogP contribution in [0.4, 0.5) is 15.2 Å². The molecule has 0 radical (unpaired) electrons. The number of nitrogens with one attached hydrogen (secondary N) is 1. The van der Waals surface area contributed by atoms with Crippen LogP contribution in [0.3, 0.4) is 0 Å². The van der Waals surface area contributed by atoms with Crippen LogP contribution >= 0.6 is 23.1 Å². The number of anilines is 2. The molecule has 0 saturated carbocycles. The van der Waals surface area contributed by atoms with Crippen LogP contribution in [0.25, 0.3) is 10.9 Å². The van der Waals surface area contributed by atoms with Crippen molar-refractivity contribution in [2.75, 3.05) is 56.4 Å². The minimum atomic E-state index is -0.981. The Morgan fingerprint density at radius 2 is 1.65 bits per heavy atom. The fourth-order valence-electron chi connectivity index (χ4n) is 8.83. The number of nitrogens with zero attached hydrogens (tertiary/aromatic N) is 5. The number of aromatic nitrogens is 2. The Hall–Kier alpha value is -5.54. The maximum atomic E-state index is 15.7. The van der Waals surface area contributed by atoms with Gasteiger partial charge in [0.25, 0.3) is 11.8 Å². The number of nitrogen functional groups attached to an aromatic ring is 1. The molecule has 18 nitrogen and oxygen atoms in total. The van der Waals surface area contributed by atoms with Gasteiger partial charge < -0.3 is 44.7 Å². The van der Waals surface area contributed by atoms with Gasteiger partial charge >= 0.3 is 17.9 Å². The van der Waals surface area contributed by atoms with Crippen molar-refractivity contribution in [2.45, 2.75) is 114 Å². The highest BCUT2D eigenvalue weighted by Crippen LogP contribution is 2.42. The SMILES string of the molecule is CO/N=C(\C(=O)N[C@@H]1C(=O)N2C(C(=O)OCCCCCCCCCCOC(=O)c3cn4c5c(c(N6CCC(O)CC6)c(F)cc5c3=O)CCC4C)=C(COC(C)=O)CS[C@H]12)c1csc(N)n1. The number of amides is 2. The number of thiazole rings is 1. The Labute approximate surface area is 389 Å². The number of oxime groups is 1. The first-order valence-electron chi connectivity index (χ1n) is 22.4. The number of rotatable bonds is 20. The van der Waals surface area contributed by atoms with E-state index in [0.717, 1.165) is 61.8 Å². The molecule has 3 atom stereocenters. The second-order valence-electron chi connectivity index (χ2n) is 16.9. The summed E-state index contributed by atoms with van der Waals surface area (Å²) in [6.07, 6.45) is 10.2. The Morgan fingerprint density at radius 3 is 2.29 bits per heavy atom. The van der Waals surface area contributed by atoms with Crippen LogP contribution in [0.2, 0.25) is 0 Å². The number of pyridine rings is 1. The van der Waals surface area contributed by atoms with Gasteiger partial charge in [0.2, 0.25) is 5.43 Å². The van der Waals surface area contributed by atoms with Crippen LogP contribution in [-0.4, -0.2) is 118 Å². The van der Waals surface area contributed by atoms with Crippen molar-refractivity contribution in [1.29, 1.82) is 0 Å². The minimum absolute atomic E-state index is 0.00193. The average molecular weight is 954 g/mol. The van der Waals surface area contributed by atoms with E-state index in [1.165, 1.54) is 42.1 Å². The number of halogens is 1. The van der Waals surface area contributed by atoms with Crippen LogP contribution in [0.1, 0.15) is 112 Å². The number of benzene rings is 1. The third-order valence-electron chi connectivity index (χ3n) is 12.3. The molecule has 2 aromatic heterocycles. The lowest BCUT2D eigenvalue weighted by Gasteiger charge is -2.49. The van der Waals surface area contributed by atoms with Gasteiger partial charge in [-0.1, -0.05) is 43.7 Å². The number of hydrogen-bond donors (Lipinski definition) is 3. The molecule has 6 heterocycles. The maximum absolute atomic E-state index is 15.7. The molecule has 3 aromatic rings. The van der Waals surface area contributed by atoms with Crippen LogP contribution in [0.15, 0.2) is 38.9 Å². The van der Waals surface area contributed by atoms with Gasteiger partial charge in [0.15, 0.2) is 10.8 Å². The van der Waals surface area contributed by atoms with E-state index < -0.39 is 58.5 Å². The second kappa shape index (κ2) is 21.8. The van der Waals surface area contributed by atoms with E-state index >= 15 is 4.39 Å². The highest BCUT2D eigenvalue weighted by atomic mass is 32.2. The third kappa shape index (κ3) is 10.7. The number of fused-ring (bicyclic) bond motifs is 1. The summed E-state index contributed by atoms with van der Waals surface area (Å²) in [4.78, 5) is 90.6. The molecular weight excluding hydrogens is 898 g/mol. The summed E-state index contributed by atoms with van der Waals surface area (Å²) in [7, 11) is 1.27. The lowest BCUT2D eigenvalue weighted by atomic mass is 9.93. The molecule has 4 aliphatic rings. The Balaban J connectivity index is 0.824. The number of esters is 3. The quantitative estimate of drug-likeness (QED) is 0.0347. The number of aliphatic hydroxyl groups excluding tert-OH is 1. The number of thioether (sulfide) groups is 1. The predicted octanol–water partition coefficient (Wildman–Crippen LogP) is 4.74. The summed E-state index contributed by atoms with van der Waals surface area (Å²) in [5, 5.41) is 17.7. The molecule has 0 bridgehead atoms. The van der Waals surface area contributed by atoms with Gasteiger partial charge in [0.1, 0.15) is 47.9 Å². The molecule has 7 rings (SSSR count). The number of piperidine rings is 1. The van der Waals surface area contributed by atoms with Gasteiger partial charge in [-0.15, -0.1) is 23.1 Å². The van der Waals surface area contributed by atoms with Crippen molar-refractivity contribution in [1.82, 2.24) is 19.8 Å². The summed E-state index contributed by atoms with van der Waals surface area (Å²) in [6, 6.07) is 0.274. The normalized spacial score (nSPS) is 19.6. The summed E-state index contributed by atoms with van der Waals surface area (Å²) in [6.45, 7) is 4.40. The van der Waals surface area contributed by atoms with E-state index in [0.29, 0.717) is 62.0 Å². The molecule has 2 fully saturated rings. The van der Waals surface area contributed by atoms with Gasteiger partial charge in [0.05, 0.1) is 30.5 Å². The molecule has 0 aliphatic carbocycles. The lowest BCUT2D eigenvalue weighted by molar-refractivity contribution is -0.152. The molecule has 356 valence electrons. The number of aliphatic hydroxyl groups is 1. The summed E-state index contributed by atoms with van der Waals surface area (Å²) >= 11 is 2.42. The maximum Gasteiger partial charge on any atom is 0.355 e. The summed E-state index contributed by atoms with van der Waals surface area (Å²) < 4.78 is 34.0. The second-order valence-corrected chi connectivity index (χ2v) is 18.8. The van der Waals surface area contributed by atoms with Gasteiger partial charge in [-0.2, -0.15) is 0 Å². The topological polar surface area (TPSA) is 234 Å². The molecule has 66 heavy (non-hydrogen) atoms. The first kappa shape index (κ1) is 48.4. The number of hydrogen-bond acceptors (Lipinski definition) is 17. The molecule has 1 aromatic carbocycles. The standard InChI is InChI=1S/C45H56FN7O11S2/c1-25-12-13-29-37-30(20-32(46)38(29)51-16-14-28(55)15-17-51)39(56)31(21-52(25)37)43(59)62-18-10-8-6-4-5-7-9-11-19-63-44(60)36-27(22-64-26(2)54)23-65-42-35(41(58)53(36)42)49-40(57)34(50-61-3)33-24-66-45(47)48-33/h20-21,24-25,28,35,42,55H,4-19,22-23H2,1-3H3,(H2,47,48)(H,49,57)/b50-34-/t25?,35-,42-/m1/s1. The molecule has 1 unspecified atom stereocenters. The van der Waals surface area contributed by atoms with E-state index in [4.69, 9.17) is 24.8 Å². The van der Waals surface area contributed by atoms with Gasteiger partial charge in [-0.25, -0.2) is 19.0 Å². The Morgan fingerprint density at radius 1 is 0.985 bits per heavy atom. The van der Waals surface area contributed by atoms with Crippen molar-refractivity contribution >= 4 is 80.3 Å². The van der Waals surface area contributed by atoms with E-state index in [2.05, 4.69) is 15.5 Å². The molecule has 21 heteroatoms. The Kier molecular flexibility index (Phi) is 16.0. The average Bonchev–Trinajstić information content (AvgIpc) is 3.73. The van der Waals surface area contributed by atoms with Crippen LogP contribution in [0.5, 0.6) is 0 Å². The molecule has 0 spiro atoms. The first-order valence-corrected chi connectivity index (χ1v) is 24.3. The number of ether oxygens (including phenoxy) is 3. The predicted molar refractivity (Wildman–Crippen MR) is 246 cm³/mol. The largest absolute Gasteiger partial charge is 0.462 e. The van der Waals surface area contributed by atoms with Gasteiger partial charge in [-0.05, 0) is 51.5 Å². The zero-order chi connectivity index (χ0) is 47.1. The van der Waals surface area contributed by atoms with Crippen molar-refractivity contribution in [3.8, 4) is 0 Å². The number of nitrogens with two attached hydrogens (primary N) is 1. The van der Waals surface area contributed by atoms with E-state index in [-0.39, 0.29) is 64.8 Å². The fraction of sp³-hybridized carbons (Fsp3) is 0.556. The molecule has 4 aliphatic heterocycles. The molecular formula is C45H56FN7O11S2. The third-order valence-corrected chi connectivity index (χ3v) is 14.3. The first-order chi connectivity index (χ1) is 31.8. The van der Waals surface area contributed by atoms with E-state index in [9.17, 15) is 33.9 Å². The number of carbonyl (C=O) groups is 5. The summed E-state index contributed by atoms with van der Waals surface area (Å²) in [5.74, 6) is -3.46. The minimum Gasteiger partial charge on any atom is -0.462 e. The number of aryl methyl sites for hydroxylation is 1. The zero-order valence-corrected chi connectivity index (χ0v) is 38.9. The van der Waals surface area contributed by atoms with Crippen molar-refractivity contribution in [3.05, 3.63) is 61.8 Å². The Bertz CT molecular complexity index is 2470. The van der Waals surface area contributed by atoms with E-state index in [1.54, 1.807) is 6.20 Å². The van der Waals surface area contributed by atoms with Crippen LogP contribution in [-0.2, 0) is 44.6 Å². The monoisotopic (exact) mass is 953 g/mol. The number of carbonyl (C=O) groups excluding carboxylic acids is 5. The summed E-state index contributed by atoms with van der Waals surface area (Å²) in [5.41, 5.74) is 7.44. The van der Waals surface area contributed by atoms with Crippen molar-refractivity contribution in [2.24, 2.45) is 5.16 Å². The molecule has 2 amide bonds. The van der Waals surface area contributed by atoms with Crippen LogP contribution < -0.4 is 21.4 Å². The molecule has 4 N–H and O–H groups in total. The number of β-lactam (4-membered cyclic amide) rings is 1. The van der Waals surface area contributed by atoms with Crippen molar-refractivity contribution < 1.29 is 52.5 Å². The zero-order valence-electron chi connectivity index (χ0n) is 37.3. The smallest absolute Gasteiger partial charge is 0.355 e. The molecule has 2 saturated heterocycles. The van der Waals surface area contributed by atoms with Crippen LogP contribution in [0, 0.1) is 5.82 Å². The highest BCUT2D eigenvalue weighted by molar-refractivity contribution is 8.00. The van der Waals surface area contributed by atoms with Gasteiger partial charge in [-0.3, -0.25) is 24.1 Å². The number of unbranched alkanes of at least 4 members (excludes halogenated alkanes) is 7. The lowest BCUT2D eigenvalue weighted by Crippen LogP contribution is -2.71. The van der Waals surface area contributed by atoms with Gasteiger partial charge in [0, 0.05) is 59.9 Å². The van der Waals surface area contributed by atoms with Crippen molar-refractivity contribution in [3.63, 3.8) is 0 Å². The fourth-order valence-corrected chi connectivity index (χ4v) is 10.7.